The molecule has 0 bridgehead atoms. The summed E-state index contributed by atoms with van der Waals surface area (Å²) in [5, 5.41) is 38.6. The number of anilines is 1. The van der Waals surface area contributed by atoms with E-state index in [4.69, 9.17) is 4.84 Å². The predicted molar refractivity (Wildman–Crippen MR) is 112 cm³/mol. The van der Waals surface area contributed by atoms with Gasteiger partial charge >= 0.3 is 5.97 Å². The van der Waals surface area contributed by atoms with Gasteiger partial charge in [-0.15, -0.1) is 10.2 Å². The molecule has 0 radical (unpaired) electrons. The van der Waals surface area contributed by atoms with Gasteiger partial charge in [0, 0.05) is 17.7 Å². The summed E-state index contributed by atoms with van der Waals surface area (Å²) in [5.74, 6) is -1.82. The number of nitrogens with zero attached hydrogens (tertiary/aromatic N) is 4. The lowest BCUT2D eigenvalue weighted by Crippen LogP contribution is -2.11. The first-order valence-electron chi connectivity index (χ1n) is 8.99. The third kappa shape index (κ3) is 5.91. The molecule has 3 aromatic rings. The van der Waals surface area contributed by atoms with Crippen LogP contribution in [0.25, 0.3) is 0 Å². The van der Waals surface area contributed by atoms with Gasteiger partial charge in [0.1, 0.15) is 5.75 Å². The highest BCUT2D eigenvalue weighted by Crippen LogP contribution is 2.24. The Morgan fingerprint density at radius 1 is 0.879 bits per heavy atom. The highest BCUT2D eigenvalue weighted by atomic mass is 16.7. The highest BCUT2D eigenvalue weighted by molar-refractivity contribution is 5.95. The van der Waals surface area contributed by atoms with E-state index in [0.717, 1.165) is 18.2 Å². The van der Waals surface area contributed by atoms with E-state index in [0.29, 0.717) is 5.69 Å². The molecule has 0 unspecified atom stereocenters. The van der Waals surface area contributed by atoms with Gasteiger partial charge < -0.3 is 9.94 Å². The Kier molecular flexibility index (Phi) is 6.64. The standard InChI is InChI=1S/C20H13N5O8/c26-18-3-1-2-12(10-18)19(27)22-21-14-4-6-15(7-5-14)23-33-20(28)13-8-16(24(29)30)11-17(9-13)25(31)32/h1-11,23,26H. The van der Waals surface area contributed by atoms with Crippen molar-refractivity contribution in [3.63, 3.8) is 0 Å². The lowest BCUT2D eigenvalue weighted by Gasteiger charge is -2.07. The van der Waals surface area contributed by atoms with Crippen molar-refractivity contribution < 1.29 is 29.4 Å². The van der Waals surface area contributed by atoms with Gasteiger partial charge in [0.05, 0.1) is 32.9 Å². The summed E-state index contributed by atoms with van der Waals surface area (Å²) in [7, 11) is 0. The fraction of sp³-hybridized carbons (Fsp3) is 0. The maximum Gasteiger partial charge on any atom is 0.363 e. The van der Waals surface area contributed by atoms with Crippen LogP contribution >= 0.6 is 0 Å². The van der Waals surface area contributed by atoms with Gasteiger partial charge in [-0.3, -0.25) is 25.0 Å². The van der Waals surface area contributed by atoms with E-state index in [1.165, 1.54) is 48.5 Å². The van der Waals surface area contributed by atoms with Crippen LogP contribution in [0.3, 0.4) is 0 Å². The number of hydrogen-bond donors (Lipinski definition) is 2. The molecule has 0 aliphatic carbocycles. The maximum atomic E-state index is 12.2. The van der Waals surface area contributed by atoms with Crippen molar-refractivity contribution in [2.24, 2.45) is 10.2 Å². The Morgan fingerprint density at radius 3 is 2.09 bits per heavy atom. The number of benzene rings is 3. The number of hydrogen-bond acceptors (Lipinski definition) is 10. The fourth-order valence-electron chi connectivity index (χ4n) is 2.48. The van der Waals surface area contributed by atoms with E-state index in [1.54, 1.807) is 0 Å². The van der Waals surface area contributed by atoms with Crippen molar-refractivity contribution in [2.45, 2.75) is 0 Å². The number of nitro groups is 2. The summed E-state index contributed by atoms with van der Waals surface area (Å²) in [5.41, 5.74) is 1.39. The fourth-order valence-corrected chi connectivity index (χ4v) is 2.48. The molecule has 3 rings (SSSR count). The Morgan fingerprint density at radius 2 is 1.52 bits per heavy atom. The zero-order valence-corrected chi connectivity index (χ0v) is 16.4. The molecule has 166 valence electrons. The average molecular weight is 451 g/mol. The first-order chi connectivity index (χ1) is 15.7. The van der Waals surface area contributed by atoms with Gasteiger partial charge in [-0.05, 0) is 42.5 Å². The minimum atomic E-state index is -1.08. The second-order valence-electron chi connectivity index (χ2n) is 6.35. The van der Waals surface area contributed by atoms with E-state index in [1.807, 2.05) is 0 Å². The molecule has 0 aliphatic rings. The number of amides is 1. The normalized spacial score (nSPS) is 10.5. The number of non-ortho nitro benzene ring substituents is 2. The van der Waals surface area contributed by atoms with Crippen LogP contribution in [0.5, 0.6) is 5.75 Å². The van der Waals surface area contributed by atoms with Crippen molar-refractivity contribution in [2.75, 3.05) is 5.48 Å². The van der Waals surface area contributed by atoms with Crippen LogP contribution in [0.2, 0.25) is 0 Å². The van der Waals surface area contributed by atoms with E-state index in [-0.39, 0.29) is 22.6 Å². The van der Waals surface area contributed by atoms with E-state index < -0.39 is 33.1 Å². The van der Waals surface area contributed by atoms with Gasteiger partial charge in [0.2, 0.25) is 0 Å². The lowest BCUT2D eigenvalue weighted by atomic mass is 10.2. The number of carbonyl (C=O) groups is 2. The smallest absolute Gasteiger partial charge is 0.363 e. The monoisotopic (exact) mass is 451 g/mol. The topological polar surface area (TPSA) is 187 Å². The zero-order chi connectivity index (χ0) is 24.0. The van der Waals surface area contributed by atoms with E-state index in [2.05, 4.69) is 15.7 Å². The molecule has 0 saturated heterocycles. The van der Waals surface area contributed by atoms with Crippen molar-refractivity contribution in [3.8, 4) is 5.75 Å². The molecule has 0 atom stereocenters. The van der Waals surface area contributed by atoms with Crippen LogP contribution in [-0.4, -0.2) is 26.8 Å². The van der Waals surface area contributed by atoms with Gasteiger partial charge in [0.15, 0.2) is 0 Å². The molecule has 0 aliphatic heterocycles. The van der Waals surface area contributed by atoms with Crippen LogP contribution < -0.4 is 5.48 Å². The van der Waals surface area contributed by atoms with Crippen LogP contribution in [0.15, 0.2) is 77.0 Å². The lowest BCUT2D eigenvalue weighted by molar-refractivity contribution is -0.394. The third-order valence-electron chi connectivity index (χ3n) is 4.04. The second-order valence-corrected chi connectivity index (χ2v) is 6.35. The summed E-state index contributed by atoms with van der Waals surface area (Å²) < 4.78 is 0. The highest BCUT2D eigenvalue weighted by Gasteiger charge is 2.21. The predicted octanol–water partition coefficient (Wildman–Crippen LogP) is 4.32. The van der Waals surface area contributed by atoms with Crippen molar-refractivity contribution >= 4 is 34.6 Å². The average Bonchev–Trinajstić information content (AvgIpc) is 2.81. The van der Waals surface area contributed by atoms with Crippen LogP contribution in [0.1, 0.15) is 20.7 Å². The SMILES string of the molecule is O=C(N=Nc1ccc(NOC(=O)c2cc([N+](=O)[O-])cc([N+](=O)[O-])c2)cc1)c1cccc(O)c1. The molecule has 0 saturated carbocycles. The molecule has 0 aromatic heterocycles. The molecule has 0 fully saturated rings. The quantitative estimate of drug-likeness (QED) is 0.299. The van der Waals surface area contributed by atoms with Crippen LogP contribution in [0, 0.1) is 20.2 Å². The number of azo groups is 1. The van der Waals surface area contributed by atoms with Gasteiger partial charge in [-0.1, -0.05) is 6.07 Å². The molecule has 0 heterocycles. The molecular weight excluding hydrogens is 438 g/mol. The van der Waals surface area contributed by atoms with Crippen molar-refractivity contribution in [1.82, 2.24) is 0 Å². The van der Waals surface area contributed by atoms with E-state index in [9.17, 15) is 34.9 Å². The first-order valence-corrected chi connectivity index (χ1v) is 8.99. The molecule has 1 amide bonds. The van der Waals surface area contributed by atoms with Gasteiger partial charge in [-0.25, -0.2) is 10.3 Å². The summed E-state index contributed by atoms with van der Waals surface area (Å²) in [4.78, 5) is 49.0. The maximum absolute atomic E-state index is 12.2. The number of phenols is 1. The Hall–Kier alpha value is -5.20. The van der Waals surface area contributed by atoms with Crippen LogP contribution in [0.4, 0.5) is 22.7 Å². The third-order valence-corrected chi connectivity index (χ3v) is 4.04. The number of aromatic hydroxyl groups is 1. The Bertz CT molecular complexity index is 1240. The summed E-state index contributed by atoms with van der Waals surface area (Å²) >= 11 is 0. The first kappa shape index (κ1) is 22.5. The number of phenolic OH excluding ortho intramolecular Hbond substituents is 1. The minimum absolute atomic E-state index is 0.0827. The van der Waals surface area contributed by atoms with Crippen molar-refractivity contribution in [1.29, 1.82) is 0 Å². The van der Waals surface area contributed by atoms with Crippen LogP contribution in [-0.2, 0) is 4.84 Å². The number of carbonyl (C=O) groups excluding carboxylic acids is 2. The molecule has 13 nitrogen and oxygen atoms in total. The number of rotatable bonds is 7. The Balaban J connectivity index is 1.63. The Labute approximate surface area is 184 Å². The molecule has 3 aromatic carbocycles. The number of nitrogens with one attached hydrogen (secondary N) is 1. The van der Waals surface area contributed by atoms with E-state index >= 15 is 0 Å². The van der Waals surface area contributed by atoms with Gasteiger partial charge in [0.25, 0.3) is 17.3 Å². The zero-order valence-electron chi connectivity index (χ0n) is 16.4. The molecule has 2 N–H and O–H groups in total. The second kappa shape index (κ2) is 9.74. The molecular formula is C20H13N5O8. The summed E-state index contributed by atoms with van der Waals surface area (Å²) in [6, 6.07) is 13.8. The molecule has 0 spiro atoms. The number of nitro benzene ring substituents is 2. The molecule has 33 heavy (non-hydrogen) atoms. The summed E-state index contributed by atoms with van der Waals surface area (Å²) in [6.07, 6.45) is 0. The summed E-state index contributed by atoms with van der Waals surface area (Å²) in [6.45, 7) is 0. The molecule has 13 heteroatoms. The largest absolute Gasteiger partial charge is 0.508 e. The van der Waals surface area contributed by atoms with Crippen molar-refractivity contribution in [3.05, 3.63) is 98.1 Å². The van der Waals surface area contributed by atoms with Gasteiger partial charge in [-0.2, -0.15) is 0 Å². The minimum Gasteiger partial charge on any atom is -0.508 e.